The first-order valence-electron chi connectivity index (χ1n) is 4.84. The highest BCUT2D eigenvalue weighted by Gasteiger charge is 2.32. The summed E-state index contributed by atoms with van der Waals surface area (Å²) in [4.78, 5) is 0. The van der Waals surface area contributed by atoms with E-state index in [2.05, 4.69) is 5.32 Å². The van der Waals surface area contributed by atoms with Crippen LogP contribution in [0.15, 0.2) is 18.2 Å². The molecule has 3 heteroatoms. The molecular weight excluding hydrogens is 217 g/mol. The summed E-state index contributed by atoms with van der Waals surface area (Å²) in [6.45, 7) is 0. The van der Waals surface area contributed by atoms with E-state index >= 15 is 0 Å². The van der Waals surface area contributed by atoms with Crippen molar-refractivity contribution in [3.05, 3.63) is 33.8 Å². The van der Waals surface area contributed by atoms with E-state index in [0.29, 0.717) is 11.1 Å². The molecule has 0 aromatic heterocycles. The number of hydrogen-bond acceptors (Lipinski definition) is 1. The number of rotatable bonds is 3. The van der Waals surface area contributed by atoms with Gasteiger partial charge in [-0.3, -0.25) is 0 Å². The first-order valence-corrected chi connectivity index (χ1v) is 5.60. The van der Waals surface area contributed by atoms with Gasteiger partial charge in [-0.15, -0.1) is 0 Å². The minimum absolute atomic E-state index is 0.389. The van der Waals surface area contributed by atoms with Gasteiger partial charge in [-0.2, -0.15) is 0 Å². The van der Waals surface area contributed by atoms with Crippen LogP contribution in [0.5, 0.6) is 0 Å². The van der Waals surface area contributed by atoms with E-state index < -0.39 is 0 Å². The van der Waals surface area contributed by atoms with Crippen molar-refractivity contribution in [1.29, 1.82) is 0 Å². The molecule has 0 aliphatic heterocycles. The van der Waals surface area contributed by atoms with Crippen LogP contribution >= 0.6 is 23.2 Å². The molecule has 1 unspecified atom stereocenters. The molecule has 2 rings (SSSR count). The fourth-order valence-electron chi connectivity index (χ4n) is 1.83. The average Bonchev–Trinajstić information content (AvgIpc) is 2.93. The molecule has 1 saturated carbocycles. The smallest absolute Gasteiger partial charge is 0.0468 e. The zero-order chi connectivity index (χ0) is 10.1. The van der Waals surface area contributed by atoms with E-state index in [4.69, 9.17) is 23.2 Å². The van der Waals surface area contributed by atoms with Crippen LogP contribution in [0.25, 0.3) is 0 Å². The third kappa shape index (κ3) is 2.05. The zero-order valence-electron chi connectivity index (χ0n) is 8.06. The fraction of sp³-hybridized carbons (Fsp3) is 0.455. The molecular formula is C11H13Cl2N. The van der Waals surface area contributed by atoms with E-state index in [9.17, 15) is 0 Å². The molecule has 0 amide bonds. The molecule has 1 aliphatic carbocycles. The molecule has 1 nitrogen and oxygen atoms in total. The largest absolute Gasteiger partial charge is 0.313 e. The fourth-order valence-corrected chi connectivity index (χ4v) is 2.35. The molecule has 1 aromatic rings. The first-order chi connectivity index (χ1) is 6.72. The lowest BCUT2D eigenvalue weighted by Gasteiger charge is -2.17. The second kappa shape index (κ2) is 4.09. The van der Waals surface area contributed by atoms with Crippen molar-refractivity contribution >= 4 is 23.2 Å². The molecule has 14 heavy (non-hydrogen) atoms. The standard InChI is InChI=1S/C11H13Cl2N/c1-14-11(7-2-3-7)9-5-4-8(12)6-10(9)13/h4-7,11,14H,2-3H2,1H3. The summed E-state index contributed by atoms with van der Waals surface area (Å²) in [6.07, 6.45) is 2.59. The molecule has 0 radical (unpaired) electrons. The average molecular weight is 230 g/mol. The lowest BCUT2D eigenvalue weighted by atomic mass is 10.0. The Bertz CT molecular complexity index is 334. The van der Waals surface area contributed by atoms with Crippen molar-refractivity contribution in [3.63, 3.8) is 0 Å². The van der Waals surface area contributed by atoms with Gasteiger partial charge < -0.3 is 5.32 Å². The monoisotopic (exact) mass is 229 g/mol. The molecule has 0 spiro atoms. The van der Waals surface area contributed by atoms with Crippen LogP contribution in [-0.4, -0.2) is 7.05 Å². The van der Waals surface area contributed by atoms with Crippen LogP contribution in [-0.2, 0) is 0 Å². The summed E-state index contributed by atoms with van der Waals surface area (Å²) >= 11 is 12.0. The Hall–Kier alpha value is -0.240. The van der Waals surface area contributed by atoms with Crippen molar-refractivity contribution in [2.24, 2.45) is 5.92 Å². The van der Waals surface area contributed by atoms with Crippen LogP contribution in [0.2, 0.25) is 10.0 Å². The highest BCUT2D eigenvalue weighted by Crippen LogP contribution is 2.42. The van der Waals surface area contributed by atoms with E-state index in [1.165, 1.54) is 18.4 Å². The number of hydrogen-bond donors (Lipinski definition) is 1. The predicted molar refractivity (Wildman–Crippen MR) is 61.0 cm³/mol. The van der Waals surface area contributed by atoms with Gasteiger partial charge in [-0.1, -0.05) is 29.3 Å². The molecule has 1 fully saturated rings. The van der Waals surface area contributed by atoms with Crippen molar-refractivity contribution in [3.8, 4) is 0 Å². The van der Waals surface area contributed by atoms with E-state index in [1.54, 1.807) is 0 Å². The normalized spacial score (nSPS) is 18.2. The summed E-state index contributed by atoms with van der Waals surface area (Å²) < 4.78 is 0. The van der Waals surface area contributed by atoms with Gasteiger partial charge in [0.05, 0.1) is 0 Å². The van der Waals surface area contributed by atoms with Gasteiger partial charge in [0.2, 0.25) is 0 Å². The van der Waals surface area contributed by atoms with Gasteiger partial charge in [0.1, 0.15) is 0 Å². The summed E-state index contributed by atoms with van der Waals surface area (Å²) in [5, 5.41) is 4.78. The third-order valence-electron chi connectivity index (χ3n) is 2.70. The maximum Gasteiger partial charge on any atom is 0.0468 e. The van der Waals surface area contributed by atoms with Gasteiger partial charge in [0.15, 0.2) is 0 Å². The Balaban J connectivity index is 2.29. The zero-order valence-corrected chi connectivity index (χ0v) is 9.57. The van der Waals surface area contributed by atoms with Crippen molar-refractivity contribution < 1.29 is 0 Å². The van der Waals surface area contributed by atoms with Crippen molar-refractivity contribution in [1.82, 2.24) is 5.32 Å². The third-order valence-corrected chi connectivity index (χ3v) is 3.26. The van der Waals surface area contributed by atoms with Crippen LogP contribution < -0.4 is 5.32 Å². The summed E-state index contributed by atoms with van der Waals surface area (Å²) in [5.41, 5.74) is 1.17. The molecule has 0 heterocycles. The molecule has 76 valence electrons. The first kappa shape index (κ1) is 10.3. The van der Waals surface area contributed by atoms with Gasteiger partial charge in [0.25, 0.3) is 0 Å². The van der Waals surface area contributed by atoms with Gasteiger partial charge in [-0.25, -0.2) is 0 Å². The number of halogens is 2. The minimum atomic E-state index is 0.389. The molecule has 1 atom stereocenters. The van der Waals surface area contributed by atoms with Crippen LogP contribution in [0, 0.1) is 5.92 Å². The molecule has 1 aromatic carbocycles. The second-order valence-corrected chi connectivity index (χ2v) is 4.61. The Kier molecular flexibility index (Phi) is 3.01. The summed E-state index contributed by atoms with van der Waals surface area (Å²) in [6, 6.07) is 6.12. The lowest BCUT2D eigenvalue weighted by Crippen LogP contribution is -2.18. The lowest BCUT2D eigenvalue weighted by molar-refractivity contribution is 0.529. The summed E-state index contributed by atoms with van der Waals surface area (Å²) in [7, 11) is 1.98. The molecule has 1 N–H and O–H groups in total. The van der Waals surface area contributed by atoms with Crippen molar-refractivity contribution in [2.45, 2.75) is 18.9 Å². The van der Waals surface area contributed by atoms with Gasteiger partial charge >= 0.3 is 0 Å². The molecule has 0 bridgehead atoms. The summed E-state index contributed by atoms with van der Waals surface area (Å²) in [5.74, 6) is 0.749. The Morgan fingerprint density at radius 2 is 2.07 bits per heavy atom. The maximum atomic E-state index is 6.15. The van der Waals surface area contributed by atoms with Crippen LogP contribution in [0.4, 0.5) is 0 Å². The predicted octanol–water partition coefficient (Wildman–Crippen LogP) is 3.66. The quantitative estimate of drug-likeness (QED) is 0.835. The Labute approximate surface area is 94.4 Å². The van der Waals surface area contributed by atoms with E-state index in [1.807, 2.05) is 25.2 Å². The van der Waals surface area contributed by atoms with Crippen LogP contribution in [0.3, 0.4) is 0 Å². The number of benzene rings is 1. The molecule has 0 saturated heterocycles. The Morgan fingerprint density at radius 1 is 1.36 bits per heavy atom. The van der Waals surface area contributed by atoms with Crippen LogP contribution in [0.1, 0.15) is 24.4 Å². The van der Waals surface area contributed by atoms with E-state index in [0.717, 1.165) is 10.9 Å². The van der Waals surface area contributed by atoms with Gasteiger partial charge in [-0.05, 0) is 43.5 Å². The second-order valence-electron chi connectivity index (χ2n) is 3.77. The minimum Gasteiger partial charge on any atom is -0.313 e. The Morgan fingerprint density at radius 3 is 2.57 bits per heavy atom. The highest BCUT2D eigenvalue weighted by molar-refractivity contribution is 6.35. The van der Waals surface area contributed by atoms with E-state index in [-0.39, 0.29) is 0 Å². The highest BCUT2D eigenvalue weighted by atomic mass is 35.5. The maximum absolute atomic E-state index is 6.15. The van der Waals surface area contributed by atoms with Gasteiger partial charge in [0, 0.05) is 16.1 Å². The van der Waals surface area contributed by atoms with Crippen molar-refractivity contribution in [2.75, 3.05) is 7.05 Å². The number of nitrogens with one attached hydrogen (secondary N) is 1. The topological polar surface area (TPSA) is 12.0 Å². The SMILES string of the molecule is CNC(c1ccc(Cl)cc1Cl)C1CC1. The molecule has 1 aliphatic rings.